The fraction of sp³-hybridized carbons (Fsp3) is 0.400. The van der Waals surface area contributed by atoms with Gasteiger partial charge in [0.1, 0.15) is 5.75 Å². The SMILES string of the molecule is CCCOc1ccc(S(=O)(=O)NCC(O)c2ccc(N(C)C)cc2)cc1C. The predicted molar refractivity (Wildman–Crippen MR) is 108 cm³/mol. The van der Waals surface area contributed by atoms with Gasteiger partial charge in [-0.1, -0.05) is 19.1 Å². The molecule has 0 fully saturated rings. The number of aliphatic hydroxyl groups is 1. The molecule has 7 heteroatoms. The lowest BCUT2D eigenvalue weighted by Gasteiger charge is -2.16. The number of anilines is 1. The van der Waals surface area contributed by atoms with Gasteiger partial charge in [-0.2, -0.15) is 0 Å². The minimum absolute atomic E-state index is 0.100. The van der Waals surface area contributed by atoms with Crippen LogP contribution in [0.1, 0.15) is 30.6 Å². The highest BCUT2D eigenvalue weighted by Gasteiger charge is 2.18. The van der Waals surface area contributed by atoms with E-state index < -0.39 is 16.1 Å². The van der Waals surface area contributed by atoms with Crippen molar-refractivity contribution in [1.29, 1.82) is 0 Å². The Morgan fingerprint density at radius 1 is 1.15 bits per heavy atom. The number of sulfonamides is 1. The van der Waals surface area contributed by atoms with Crippen molar-refractivity contribution in [3.63, 3.8) is 0 Å². The van der Waals surface area contributed by atoms with E-state index in [4.69, 9.17) is 4.74 Å². The molecular formula is C20H28N2O4S. The lowest BCUT2D eigenvalue weighted by Crippen LogP contribution is -2.28. The van der Waals surface area contributed by atoms with Gasteiger partial charge in [0, 0.05) is 26.3 Å². The van der Waals surface area contributed by atoms with Gasteiger partial charge in [-0.3, -0.25) is 0 Å². The first-order valence-electron chi connectivity index (χ1n) is 8.93. The van der Waals surface area contributed by atoms with Crippen molar-refractivity contribution >= 4 is 15.7 Å². The minimum atomic E-state index is -3.72. The van der Waals surface area contributed by atoms with Crippen LogP contribution in [0.25, 0.3) is 0 Å². The van der Waals surface area contributed by atoms with E-state index in [2.05, 4.69) is 4.72 Å². The molecule has 27 heavy (non-hydrogen) atoms. The molecule has 0 amide bonds. The molecule has 0 saturated carbocycles. The van der Waals surface area contributed by atoms with Gasteiger partial charge in [-0.25, -0.2) is 13.1 Å². The highest BCUT2D eigenvalue weighted by Crippen LogP contribution is 2.23. The number of rotatable bonds is 9. The Labute approximate surface area is 161 Å². The molecule has 0 aliphatic carbocycles. The zero-order chi connectivity index (χ0) is 20.0. The van der Waals surface area contributed by atoms with Gasteiger partial charge < -0.3 is 14.7 Å². The van der Waals surface area contributed by atoms with Crippen LogP contribution in [-0.2, 0) is 10.0 Å². The summed E-state index contributed by atoms with van der Waals surface area (Å²) in [6.45, 7) is 4.31. The molecule has 0 saturated heterocycles. The molecule has 2 aromatic rings. The van der Waals surface area contributed by atoms with Crippen LogP contribution < -0.4 is 14.4 Å². The first-order valence-corrected chi connectivity index (χ1v) is 10.4. The molecule has 0 heterocycles. The molecule has 0 radical (unpaired) electrons. The number of nitrogens with one attached hydrogen (secondary N) is 1. The molecule has 1 unspecified atom stereocenters. The van der Waals surface area contributed by atoms with Crippen LogP contribution in [0.15, 0.2) is 47.4 Å². The highest BCUT2D eigenvalue weighted by molar-refractivity contribution is 7.89. The minimum Gasteiger partial charge on any atom is -0.493 e. The van der Waals surface area contributed by atoms with E-state index in [0.717, 1.165) is 17.7 Å². The van der Waals surface area contributed by atoms with Crippen LogP contribution in [0.3, 0.4) is 0 Å². The van der Waals surface area contributed by atoms with Crippen LogP contribution in [-0.4, -0.2) is 40.8 Å². The van der Waals surface area contributed by atoms with E-state index in [1.54, 1.807) is 24.3 Å². The van der Waals surface area contributed by atoms with Crippen molar-refractivity contribution in [2.24, 2.45) is 0 Å². The van der Waals surface area contributed by atoms with Crippen molar-refractivity contribution in [3.05, 3.63) is 53.6 Å². The Balaban J connectivity index is 2.04. The zero-order valence-corrected chi connectivity index (χ0v) is 17.1. The molecule has 1 atom stereocenters. The monoisotopic (exact) mass is 392 g/mol. The molecule has 0 spiro atoms. The van der Waals surface area contributed by atoms with E-state index in [-0.39, 0.29) is 11.4 Å². The number of hydrogen-bond acceptors (Lipinski definition) is 5. The number of nitrogens with zero attached hydrogens (tertiary/aromatic N) is 1. The van der Waals surface area contributed by atoms with Crippen LogP contribution in [0, 0.1) is 6.92 Å². The molecule has 2 aromatic carbocycles. The van der Waals surface area contributed by atoms with Crippen molar-refractivity contribution in [1.82, 2.24) is 4.72 Å². The Kier molecular flexibility index (Phi) is 7.24. The summed E-state index contributed by atoms with van der Waals surface area (Å²) in [5, 5.41) is 10.3. The van der Waals surface area contributed by atoms with E-state index >= 15 is 0 Å². The van der Waals surface area contributed by atoms with Gasteiger partial charge in [-0.15, -0.1) is 0 Å². The van der Waals surface area contributed by atoms with E-state index in [0.29, 0.717) is 17.9 Å². The highest BCUT2D eigenvalue weighted by atomic mass is 32.2. The molecule has 2 N–H and O–H groups in total. The summed E-state index contributed by atoms with van der Waals surface area (Å²) in [4.78, 5) is 2.11. The Morgan fingerprint density at radius 3 is 2.37 bits per heavy atom. The van der Waals surface area contributed by atoms with Gasteiger partial charge >= 0.3 is 0 Å². The van der Waals surface area contributed by atoms with Gasteiger partial charge in [0.15, 0.2) is 0 Å². The zero-order valence-electron chi connectivity index (χ0n) is 16.3. The summed E-state index contributed by atoms with van der Waals surface area (Å²) < 4.78 is 33.1. The number of hydrogen-bond donors (Lipinski definition) is 2. The molecular weight excluding hydrogens is 364 g/mol. The topological polar surface area (TPSA) is 78.9 Å². The summed E-state index contributed by atoms with van der Waals surface area (Å²) in [7, 11) is 0.143. The second-order valence-electron chi connectivity index (χ2n) is 6.63. The van der Waals surface area contributed by atoms with Crippen LogP contribution >= 0.6 is 0 Å². The molecule has 2 rings (SSSR count). The lowest BCUT2D eigenvalue weighted by atomic mass is 10.1. The maximum absolute atomic E-state index is 12.5. The largest absolute Gasteiger partial charge is 0.493 e. The second kappa shape index (κ2) is 9.21. The standard InChI is InChI=1S/C20H28N2O4S/c1-5-12-26-20-11-10-18(13-15(20)2)27(24,25)21-14-19(23)16-6-8-17(9-7-16)22(3)4/h6-11,13,19,21,23H,5,12,14H2,1-4H3. The second-order valence-corrected chi connectivity index (χ2v) is 8.40. The third-order valence-electron chi connectivity index (χ3n) is 4.18. The van der Waals surface area contributed by atoms with Crippen molar-refractivity contribution in [3.8, 4) is 5.75 Å². The van der Waals surface area contributed by atoms with Gasteiger partial charge in [0.25, 0.3) is 0 Å². The lowest BCUT2D eigenvalue weighted by molar-refractivity contribution is 0.182. The maximum atomic E-state index is 12.5. The maximum Gasteiger partial charge on any atom is 0.240 e. The Bertz CT molecular complexity index is 849. The third kappa shape index (κ3) is 5.69. The summed E-state index contributed by atoms with van der Waals surface area (Å²) >= 11 is 0. The van der Waals surface area contributed by atoms with Crippen LogP contribution in [0.5, 0.6) is 5.75 Å². The first-order chi connectivity index (χ1) is 12.7. The van der Waals surface area contributed by atoms with Gasteiger partial charge in [-0.05, 0) is 54.8 Å². The summed E-state index contributed by atoms with van der Waals surface area (Å²) in [5.41, 5.74) is 2.42. The molecule has 148 valence electrons. The van der Waals surface area contributed by atoms with E-state index in [1.165, 1.54) is 6.07 Å². The average Bonchev–Trinajstić information content (AvgIpc) is 2.65. The fourth-order valence-electron chi connectivity index (χ4n) is 2.55. The van der Waals surface area contributed by atoms with Gasteiger partial charge in [0.2, 0.25) is 10.0 Å². The van der Waals surface area contributed by atoms with E-state index in [1.807, 2.05) is 45.0 Å². The van der Waals surface area contributed by atoms with Crippen LogP contribution in [0.4, 0.5) is 5.69 Å². The Hall–Kier alpha value is -2.09. The summed E-state index contributed by atoms with van der Waals surface area (Å²) in [6, 6.07) is 12.1. The normalized spacial score (nSPS) is 12.6. The molecule has 0 aromatic heterocycles. The molecule has 0 bridgehead atoms. The molecule has 0 aliphatic heterocycles. The van der Waals surface area contributed by atoms with E-state index in [9.17, 15) is 13.5 Å². The van der Waals surface area contributed by atoms with Crippen molar-refractivity contribution in [2.45, 2.75) is 31.3 Å². The van der Waals surface area contributed by atoms with Crippen LogP contribution in [0.2, 0.25) is 0 Å². The number of aliphatic hydroxyl groups excluding tert-OH is 1. The third-order valence-corrected chi connectivity index (χ3v) is 5.60. The summed E-state index contributed by atoms with van der Waals surface area (Å²) in [6.07, 6.45) is -0.0432. The number of benzene rings is 2. The van der Waals surface area contributed by atoms with Gasteiger partial charge in [0.05, 0.1) is 17.6 Å². The quantitative estimate of drug-likeness (QED) is 0.686. The number of ether oxygens (including phenoxy) is 1. The first kappa shape index (κ1) is 21.2. The fourth-order valence-corrected chi connectivity index (χ4v) is 3.67. The number of aryl methyl sites for hydroxylation is 1. The predicted octanol–water partition coefficient (Wildman–Crippen LogP) is 2.86. The average molecular weight is 393 g/mol. The van der Waals surface area contributed by atoms with Crippen molar-refractivity contribution in [2.75, 3.05) is 32.1 Å². The molecule has 6 nitrogen and oxygen atoms in total. The summed E-state index contributed by atoms with van der Waals surface area (Å²) in [5.74, 6) is 0.678. The molecule has 0 aliphatic rings. The Morgan fingerprint density at radius 2 is 1.81 bits per heavy atom. The van der Waals surface area contributed by atoms with Crippen molar-refractivity contribution < 1.29 is 18.3 Å². The smallest absolute Gasteiger partial charge is 0.240 e.